The molecular formula is C20H16F4N2O. The van der Waals surface area contributed by atoms with Crippen LogP contribution in [0.1, 0.15) is 17.5 Å². The number of nitrogens with zero attached hydrogens (tertiary/aromatic N) is 2. The number of hydrogen-bond acceptors (Lipinski definition) is 3. The summed E-state index contributed by atoms with van der Waals surface area (Å²) in [6, 6.07) is 12.6. The van der Waals surface area contributed by atoms with Crippen LogP contribution in [0.3, 0.4) is 0 Å². The van der Waals surface area contributed by atoms with Crippen molar-refractivity contribution >= 4 is 16.7 Å². The minimum atomic E-state index is -4.43. The first-order valence-electron chi connectivity index (χ1n) is 8.46. The lowest BCUT2D eigenvalue weighted by Gasteiger charge is -2.24. The number of anilines is 1. The molecule has 7 heteroatoms. The standard InChI is InChI=1S/C20H16F4N2O/c21-16-6-4-14(5-7-16)19(27)9-10-26(12-19)18-8-2-13-1-3-15(20(22,23)24)11-17(13)25-18/h1-8,11,27H,9-10,12H2. The number of rotatable bonds is 2. The predicted octanol–water partition coefficient (Wildman–Crippen LogP) is 4.49. The first-order valence-corrected chi connectivity index (χ1v) is 8.46. The highest BCUT2D eigenvalue weighted by molar-refractivity contribution is 5.81. The van der Waals surface area contributed by atoms with Crippen LogP contribution in [-0.2, 0) is 11.8 Å². The summed E-state index contributed by atoms with van der Waals surface area (Å²) >= 11 is 0. The van der Waals surface area contributed by atoms with Crippen molar-refractivity contribution in [1.82, 2.24) is 4.98 Å². The fourth-order valence-electron chi connectivity index (χ4n) is 3.44. The van der Waals surface area contributed by atoms with E-state index in [9.17, 15) is 22.7 Å². The number of fused-ring (bicyclic) bond motifs is 1. The summed E-state index contributed by atoms with van der Waals surface area (Å²) in [7, 11) is 0. The molecule has 1 atom stereocenters. The summed E-state index contributed by atoms with van der Waals surface area (Å²) in [6.45, 7) is 0.724. The van der Waals surface area contributed by atoms with Crippen LogP contribution in [0.5, 0.6) is 0 Å². The lowest BCUT2D eigenvalue weighted by molar-refractivity contribution is -0.137. The number of hydrogen-bond donors (Lipinski definition) is 1. The van der Waals surface area contributed by atoms with Gasteiger partial charge in [0.25, 0.3) is 0 Å². The maximum Gasteiger partial charge on any atom is 0.416 e. The Labute approximate surface area is 152 Å². The maximum atomic E-state index is 13.1. The van der Waals surface area contributed by atoms with E-state index >= 15 is 0 Å². The second-order valence-corrected chi connectivity index (χ2v) is 6.78. The molecule has 1 fully saturated rings. The van der Waals surface area contributed by atoms with E-state index in [2.05, 4.69) is 4.98 Å². The topological polar surface area (TPSA) is 36.4 Å². The Hall–Kier alpha value is -2.67. The lowest BCUT2D eigenvalue weighted by atomic mass is 9.93. The summed E-state index contributed by atoms with van der Waals surface area (Å²) in [5.74, 6) is 0.119. The molecule has 3 aromatic rings. The molecule has 3 nitrogen and oxygen atoms in total. The van der Waals surface area contributed by atoms with E-state index < -0.39 is 17.3 Å². The summed E-state index contributed by atoms with van der Waals surface area (Å²) in [5, 5.41) is 11.5. The zero-order valence-electron chi connectivity index (χ0n) is 14.2. The third-order valence-corrected chi connectivity index (χ3v) is 4.96. The van der Waals surface area contributed by atoms with Gasteiger partial charge in [-0.1, -0.05) is 18.2 Å². The van der Waals surface area contributed by atoms with Crippen LogP contribution in [-0.4, -0.2) is 23.2 Å². The Kier molecular flexibility index (Phi) is 4.07. The average Bonchev–Trinajstić information content (AvgIpc) is 3.04. The summed E-state index contributed by atoms with van der Waals surface area (Å²) in [6.07, 6.45) is -4.01. The van der Waals surface area contributed by atoms with Gasteiger partial charge in [0.2, 0.25) is 0 Å². The molecule has 1 aromatic heterocycles. The second kappa shape index (κ2) is 6.20. The molecule has 4 rings (SSSR count). The van der Waals surface area contributed by atoms with Crippen molar-refractivity contribution in [3.63, 3.8) is 0 Å². The predicted molar refractivity (Wildman–Crippen MR) is 93.9 cm³/mol. The van der Waals surface area contributed by atoms with E-state index in [0.29, 0.717) is 29.7 Å². The smallest absolute Gasteiger partial charge is 0.383 e. The van der Waals surface area contributed by atoms with Crippen LogP contribution in [0, 0.1) is 5.82 Å². The Morgan fingerprint density at radius 1 is 1.00 bits per heavy atom. The second-order valence-electron chi connectivity index (χ2n) is 6.78. The monoisotopic (exact) mass is 376 g/mol. The molecule has 0 saturated carbocycles. The Morgan fingerprint density at radius 2 is 1.70 bits per heavy atom. The largest absolute Gasteiger partial charge is 0.416 e. The van der Waals surface area contributed by atoms with Gasteiger partial charge in [0, 0.05) is 11.9 Å². The molecule has 2 aromatic carbocycles. The number of benzene rings is 2. The van der Waals surface area contributed by atoms with Crippen LogP contribution in [0.2, 0.25) is 0 Å². The summed E-state index contributed by atoms with van der Waals surface area (Å²) < 4.78 is 51.9. The van der Waals surface area contributed by atoms with Crippen molar-refractivity contribution in [2.24, 2.45) is 0 Å². The highest BCUT2D eigenvalue weighted by Gasteiger charge is 2.38. The van der Waals surface area contributed by atoms with Gasteiger partial charge in [0.15, 0.2) is 0 Å². The molecule has 1 unspecified atom stereocenters. The third kappa shape index (κ3) is 3.35. The van der Waals surface area contributed by atoms with Gasteiger partial charge in [-0.05, 0) is 48.4 Å². The highest BCUT2D eigenvalue weighted by Crippen LogP contribution is 2.35. The fraction of sp³-hybridized carbons (Fsp3) is 0.250. The quantitative estimate of drug-likeness (QED) is 0.670. The minimum absolute atomic E-state index is 0.232. The number of aliphatic hydroxyl groups is 1. The molecule has 0 amide bonds. The van der Waals surface area contributed by atoms with Crippen LogP contribution in [0.25, 0.3) is 10.9 Å². The molecule has 0 radical (unpaired) electrons. The third-order valence-electron chi connectivity index (χ3n) is 4.96. The number of halogens is 4. The Bertz CT molecular complexity index is 987. The number of alkyl halides is 3. The van der Waals surface area contributed by atoms with Gasteiger partial charge in [0.05, 0.1) is 17.6 Å². The van der Waals surface area contributed by atoms with E-state index in [1.807, 2.05) is 4.90 Å². The van der Waals surface area contributed by atoms with Crippen LogP contribution in [0.15, 0.2) is 54.6 Å². The van der Waals surface area contributed by atoms with Gasteiger partial charge < -0.3 is 10.0 Å². The van der Waals surface area contributed by atoms with E-state index in [4.69, 9.17) is 0 Å². The first-order chi connectivity index (χ1) is 12.7. The number of β-amino-alcohol motifs (C(OH)–C–C–N with tert-alkyl or cyclic N) is 1. The zero-order chi connectivity index (χ0) is 19.2. The average molecular weight is 376 g/mol. The van der Waals surface area contributed by atoms with Crippen molar-refractivity contribution in [3.05, 3.63) is 71.5 Å². The SMILES string of the molecule is OC1(c2ccc(F)cc2)CCN(c2ccc3ccc(C(F)(F)F)cc3n2)C1. The van der Waals surface area contributed by atoms with Gasteiger partial charge in [-0.3, -0.25) is 0 Å². The molecule has 0 aliphatic carbocycles. The summed E-state index contributed by atoms with van der Waals surface area (Å²) in [5.41, 5.74) is -1.05. The molecule has 0 spiro atoms. The normalized spacial score (nSPS) is 20.4. The van der Waals surface area contributed by atoms with Gasteiger partial charge in [0.1, 0.15) is 17.2 Å². The maximum absolute atomic E-state index is 13.1. The number of aromatic nitrogens is 1. The van der Waals surface area contributed by atoms with Crippen molar-refractivity contribution in [3.8, 4) is 0 Å². The van der Waals surface area contributed by atoms with Crippen molar-refractivity contribution in [2.75, 3.05) is 18.0 Å². The molecular weight excluding hydrogens is 360 g/mol. The molecule has 2 heterocycles. The van der Waals surface area contributed by atoms with Gasteiger partial charge in [-0.2, -0.15) is 13.2 Å². The van der Waals surface area contributed by atoms with Crippen LogP contribution in [0.4, 0.5) is 23.4 Å². The minimum Gasteiger partial charge on any atom is -0.383 e. The number of pyridine rings is 1. The van der Waals surface area contributed by atoms with E-state index in [1.165, 1.54) is 18.2 Å². The molecule has 1 N–H and O–H groups in total. The van der Waals surface area contributed by atoms with Crippen molar-refractivity contribution in [1.29, 1.82) is 0 Å². The van der Waals surface area contributed by atoms with Crippen molar-refractivity contribution in [2.45, 2.75) is 18.2 Å². The molecule has 1 saturated heterocycles. The zero-order valence-corrected chi connectivity index (χ0v) is 14.2. The van der Waals surface area contributed by atoms with Crippen LogP contribution < -0.4 is 4.90 Å². The van der Waals surface area contributed by atoms with Crippen LogP contribution >= 0.6 is 0 Å². The van der Waals surface area contributed by atoms with Crippen molar-refractivity contribution < 1.29 is 22.7 Å². The van der Waals surface area contributed by atoms with Gasteiger partial charge in [-0.15, -0.1) is 0 Å². The molecule has 1 aliphatic rings. The molecule has 1 aliphatic heterocycles. The molecule has 27 heavy (non-hydrogen) atoms. The van der Waals surface area contributed by atoms with Gasteiger partial charge in [-0.25, -0.2) is 9.37 Å². The first kappa shape index (κ1) is 17.7. The Morgan fingerprint density at radius 3 is 2.41 bits per heavy atom. The van der Waals surface area contributed by atoms with E-state index in [1.54, 1.807) is 24.3 Å². The fourth-order valence-corrected chi connectivity index (χ4v) is 3.44. The van der Waals surface area contributed by atoms with E-state index in [0.717, 1.165) is 12.1 Å². The summed E-state index contributed by atoms with van der Waals surface area (Å²) in [4.78, 5) is 6.18. The van der Waals surface area contributed by atoms with E-state index in [-0.39, 0.29) is 17.9 Å². The lowest BCUT2D eigenvalue weighted by Crippen LogP contribution is -2.31. The highest BCUT2D eigenvalue weighted by atomic mass is 19.4. The molecule has 140 valence electrons. The molecule has 0 bridgehead atoms. The Balaban J connectivity index is 1.63. The van der Waals surface area contributed by atoms with Gasteiger partial charge >= 0.3 is 6.18 Å².